The third kappa shape index (κ3) is 3.57. The van der Waals surface area contributed by atoms with E-state index in [4.69, 9.17) is 11.0 Å². The highest BCUT2D eigenvalue weighted by atomic mass is 32.1. The molecule has 2 rings (SSSR count). The second-order valence-corrected chi connectivity index (χ2v) is 6.23. The van der Waals surface area contributed by atoms with E-state index in [0.717, 1.165) is 19.4 Å². The van der Waals surface area contributed by atoms with Crippen LogP contribution in [0, 0.1) is 17.2 Å². The van der Waals surface area contributed by atoms with E-state index in [1.165, 1.54) is 11.3 Å². The van der Waals surface area contributed by atoms with Crippen molar-refractivity contribution < 1.29 is 4.79 Å². The molecule has 0 radical (unpaired) electrons. The highest BCUT2D eigenvalue weighted by molar-refractivity contribution is 7.14. The number of rotatable bonds is 4. The number of thiophene rings is 1. The summed E-state index contributed by atoms with van der Waals surface area (Å²) in [5.41, 5.74) is 6.32. The predicted octanol–water partition coefficient (Wildman–Crippen LogP) is 1.62. The Morgan fingerprint density at radius 1 is 1.70 bits per heavy atom. The van der Waals surface area contributed by atoms with Gasteiger partial charge in [-0.2, -0.15) is 5.26 Å². The Bertz CT molecular complexity index is 508. The lowest BCUT2D eigenvalue weighted by Gasteiger charge is -2.37. The minimum atomic E-state index is -0.0723. The third-order valence-corrected chi connectivity index (χ3v) is 4.59. The molecular formula is C14H20N4OS. The van der Waals surface area contributed by atoms with Gasteiger partial charge in [-0.25, -0.2) is 0 Å². The van der Waals surface area contributed by atoms with Gasteiger partial charge in [0, 0.05) is 12.6 Å². The molecule has 0 bridgehead atoms. The smallest absolute Gasteiger partial charge is 0.239 e. The number of anilines is 1. The molecule has 5 nitrogen and oxygen atoms in total. The lowest BCUT2D eigenvalue weighted by Crippen LogP contribution is -2.49. The number of nitriles is 1. The number of hydrogen-bond donors (Lipinski definition) is 2. The van der Waals surface area contributed by atoms with Gasteiger partial charge in [-0.05, 0) is 36.8 Å². The summed E-state index contributed by atoms with van der Waals surface area (Å²) in [5.74, 6) is 0.599. The fourth-order valence-electron chi connectivity index (χ4n) is 2.60. The number of hydrogen-bond acceptors (Lipinski definition) is 5. The summed E-state index contributed by atoms with van der Waals surface area (Å²) in [5, 5.41) is 14.2. The summed E-state index contributed by atoms with van der Waals surface area (Å²) in [6.45, 7) is 4.06. The normalized spacial score (nSPS) is 23.2. The van der Waals surface area contributed by atoms with E-state index in [1.54, 1.807) is 11.4 Å². The molecule has 20 heavy (non-hydrogen) atoms. The Kier molecular flexibility index (Phi) is 5.12. The first kappa shape index (κ1) is 15.0. The van der Waals surface area contributed by atoms with Gasteiger partial charge in [-0.3, -0.25) is 9.69 Å². The van der Waals surface area contributed by atoms with Crippen molar-refractivity contribution in [2.24, 2.45) is 11.7 Å². The molecule has 2 heterocycles. The molecule has 1 aliphatic heterocycles. The van der Waals surface area contributed by atoms with Crippen molar-refractivity contribution in [2.45, 2.75) is 25.8 Å². The van der Waals surface area contributed by atoms with Crippen LogP contribution in [0.25, 0.3) is 0 Å². The van der Waals surface area contributed by atoms with Crippen LogP contribution in [-0.4, -0.2) is 36.5 Å². The van der Waals surface area contributed by atoms with Gasteiger partial charge in [-0.1, -0.05) is 6.92 Å². The molecule has 0 saturated carbocycles. The number of nitrogens with two attached hydrogens (primary N) is 1. The lowest BCUT2D eigenvalue weighted by molar-refractivity contribution is -0.118. The van der Waals surface area contributed by atoms with Crippen molar-refractivity contribution in [1.29, 1.82) is 5.26 Å². The number of amides is 1. The van der Waals surface area contributed by atoms with Crippen LogP contribution in [0.2, 0.25) is 0 Å². The van der Waals surface area contributed by atoms with Gasteiger partial charge in [-0.15, -0.1) is 11.3 Å². The molecule has 1 fully saturated rings. The third-order valence-electron chi connectivity index (χ3n) is 3.76. The lowest BCUT2D eigenvalue weighted by atomic mass is 9.92. The molecule has 1 aliphatic rings. The minimum absolute atomic E-state index is 0.0723. The number of carbonyl (C=O) groups excluding carboxylic acids is 1. The van der Waals surface area contributed by atoms with Crippen molar-refractivity contribution in [3.8, 4) is 6.07 Å². The van der Waals surface area contributed by atoms with Gasteiger partial charge in [0.05, 0.1) is 12.1 Å². The van der Waals surface area contributed by atoms with Gasteiger partial charge in [0.1, 0.15) is 11.1 Å². The Balaban J connectivity index is 1.92. The van der Waals surface area contributed by atoms with Crippen molar-refractivity contribution in [3.05, 3.63) is 17.0 Å². The Morgan fingerprint density at radius 3 is 3.20 bits per heavy atom. The zero-order valence-corrected chi connectivity index (χ0v) is 12.4. The number of piperidine rings is 1. The van der Waals surface area contributed by atoms with Crippen LogP contribution >= 0.6 is 11.3 Å². The minimum Gasteiger partial charge on any atom is -0.329 e. The molecule has 6 heteroatoms. The number of likely N-dealkylation sites (tertiary alicyclic amines) is 1. The molecule has 1 saturated heterocycles. The first-order chi connectivity index (χ1) is 9.63. The second-order valence-electron chi connectivity index (χ2n) is 5.31. The highest BCUT2D eigenvalue weighted by Gasteiger charge is 2.26. The highest BCUT2D eigenvalue weighted by Crippen LogP contribution is 2.24. The van der Waals surface area contributed by atoms with Crippen LogP contribution in [0.4, 0.5) is 5.00 Å². The van der Waals surface area contributed by atoms with Crippen molar-refractivity contribution in [3.63, 3.8) is 0 Å². The van der Waals surface area contributed by atoms with E-state index in [2.05, 4.69) is 23.2 Å². The maximum Gasteiger partial charge on any atom is 0.239 e. The molecule has 0 spiro atoms. The average Bonchev–Trinajstić information content (AvgIpc) is 2.87. The van der Waals surface area contributed by atoms with E-state index in [-0.39, 0.29) is 11.9 Å². The first-order valence-electron chi connectivity index (χ1n) is 6.85. The predicted molar refractivity (Wildman–Crippen MR) is 80.5 cm³/mol. The van der Waals surface area contributed by atoms with E-state index in [9.17, 15) is 4.79 Å². The van der Waals surface area contributed by atoms with Crippen molar-refractivity contribution in [2.75, 3.05) is 25.0 Å². The zero-order chi connectivity index (χ0) is 14.5. The van der Waals surface area contributed by atoms with Crippen LogP contribution in [0.1, 0.15) is 25.3 Å². The Labute approximate surface area is 123 Å². The average molecular weight is 292 g/mol. The topological polar surface area (TPSA) is 82.2 Å². The van der Waals surface area contributed by atoms with E-state index in [0.29, 0.717) is 29.6 Å². The molecule has 1 aromatic rings. The monoisotopic (exact) mass is 292 g/mol. The summed E-state index contributed by atoms with van der Waals surface area (Å²) in [6, 6.07) is 4.07. The van der Waals surface area contributed by atoms with Gasteiger partial charge in [0.15, 0.2) is 0 Å². The summed E-state index contributed by atoms with van der Waals surface area (Å²) in [6.07, 6.45) is 2.15. The van der Waals surface area contributed by atoms with E-state index in [1.807, 2.05) is 0 Å². The Hall–Kier alpha value is -1.42. The van der Waals surface area contributed by atoms with E-state index < -0.39 is 0 Å². The summed E-state index contributed by atoms with van der Waals surface area (Å²) < 4.78 is 0. The molecule has 0 aromatic carbocycles. The first-order valence-corrected chi connectivity index (χ1v) is 7.73. The van der Waals surface area contributed by atoms with Crippen LogP contribution in [0.15, 0.2) is 11.4 Å². The SMILES string of the molecule is CC1CCN(CC(=O)Nc2sccc2C#N)C(CN)C1. The molecule has 0 aliphatic carbocycles. The molecule has 2 unspecified atom stereocenters. The van der Waals surface area contributed by atoms with Gasteiger partial charge >= 0.3 is 0 Å². The van der Waals surface area contributed by atoms with Crippen molar-refractivity contribution in [1.82, 2.24) is 4.90 Å². The molecular weight excluding hydrogens is 272 g/mol. The van der Waals surface area contributed by atoms with Gasteiger partial charge in [0.2, 0.25) is 5.91 Å². The van der Waals surface area contributed by atoms with Crippen LogP contribution < -0.4 is 11.1 Å². The Morgan fingerprint density at radius 2 is 2.50 bits per heavy atom. The number of carbonyl (C=O) groups is 1. The summed E-state index contributed by atoms with van der Waals surface area (Å²) in [7, 11) is 0. The molecule has 1 aromatic heterocycles. The molecule has 108 valence electrons. The molecule has 1 amide bonds. The quantitative estimate of drug-likeness (QED) is 0.883. The van der Waals surface area contributed by atoms with E-state index >= 15 is 0 Å². The summed E-state index contributed by atoms with van der Waals surface area (Å²) >= 11 is 1.37. The maximum absolute atomic E-state index is 12.1. The summed E-state index contributed by atoms with van der Waals surface area (Å²) in [4.78, 5) is 14.2. The molecule has 2 atom stereocenters. The zero-order valence-electron chi connectivity index (χ0n) is 11.6. The second kappa shape index (κ2) is 6.84. The fourth-order valence-corrected chi connectivity index (χ4v) is 3.35. The van der Waals surface area contributed by atoms with Crippen LogP contribution in [0.3, 0.4) is 0 Å². The largest absolute Gasteiger partial charge is 0.329 e. The van der Waals surface area contributed by atoms with Crippen molar-refractivity contribution >= 4 is 22.2 Å². The molecule has 3 N–H and O–H groups in total. The van der Waals surface area contributed by atoms with Crippen LogP contribution in [0.5, 0.6) is 0 Å². The fraction of sp³-hybridized carbons (Fsp3) is 0.571. The van der Waals surface area contributed by atoms with Gasteiger partial charge < -0.3 is 11.1 Å². The van der Waals surface area contributed by atoms with Crippen LogP contribution in [-0.2, 0) is 4.79 Å². The van der Waals surface area contributed by atoms with Gasteiger partial charge in [0.25, 0.3) is 0 Å². The maximum atomic E-state index is 12.1. The number of nitrogens with one attached hydrogen (secondary N) is 1. The number of nitrogens with zero attached hydrogens (tertiary/aromatic N) is 2. The standard InChI is InChI=1S/C14H20N4OS/c1-10-2-4-18(12(6-10)8-16)9-13(19)17-14-11(7-15)3-5-20-14/h3,5,10,12H,2,4,6,8-9,16H2,1H3,(H,17,19).